The first-order chi connectivity index (χ1) is 14.3. The Morgan fingerprint density at radius 3 is 2.23 bits per heavy atom. The van der Waals surface area contributed by atoms with Crippen LogP contribution in [-0.4, -0.2) is 23.0 Å². The van der Waals surface area contributed by atoms with Gasteiger partial charge < -0.3 is 5.73 Å². The Morgan fingerprint density at radius 1 is 1.13 bits per heavy atom. The van der Waals surface area contributed by atoms with Crippen molar-refractivity contribution in [2.75, 3.05) is 4.90 Å². The molecule has 4 nitrogen and oxygen atoms in total. The molecule has 0 aliphatic carbocycles. The number of primary amides is 1. The second-order valence-electron chi connectivity index (χ2n) is 6.79. The molecule has 0 bridgehead atoms. The van der Waals surface area contributed by atoms with Gasteiger partial charge in [0.1, 0.15) is 17.3 Å². The number of halogens is 8. The van der Waals surface area contributed by atoms with Crippen molar-refractivity contribution >= 4 is 17.4 Å². The van der Waals surface area contributed by atoms with Gasteiger partial charge in [-0.15, -0.1) is 0 Å². The van der Waals surface area contributed by atoms with Gasteiger partial charge in [-0.1, -0.05) is 13.0 Å². The van der Waals surface area contributed by atoms with Gasteiger partial charge in [-0.3, -0.25) is 9.69 Å². The zero-order valence-electron chi connectivity index (χ0n) is 15.6. The maximum atomic E-state index is 14.6. The second-order valence-corrected chi connectivity index (χ2v) is 6.79. The summed E-state index contributed by atoms with van der Waals surface area (Å²) in [5.74, 6) is -14.6. The van der Waals surface area contributed by atoms with Crippen LogP contribution in [0.1, 0.15) is 12.5 Å². The minimum absolute atomic E-state index is 0.0747. The lowest BCUT2D eigenvalue weighted by Gasteiger charge is -2.39. The number of rotatable bonds is 4. The van der Waals surface area contributed by atoms with Crippen LogP contribution in [0, 0.1) is 23.4 Å². The topological polar surface area (TPSA) is 59.2 Å². The zero-order valence-corrected chi connectivity index (χ0v) is 15.6. The van der Waals surface area contributed by atoms with Gasteiger partial charge in [0.05, 0.1) is 5.92 Å². The number of carbonyl (C=O) groups is 1. The van der Waals surface area contributed by atoms with E-state index < -0.39 is 70.6 Å². The van der Waals surface area contributed by atoms with Crippen LogP contribution >= 0.6 is 0 Å². The van der Waals surface area contributed by atoms with Crippen LogP contribution in [-0.2, 0) is 11.2 Å². The van der Waals surface area contributed by atoms with Crippen molar-refractivity contribution in [3.05, 3.63) is 64.7 Å². The first-order valence-electron chi connectivity index (χ1n) is 8.63. The number of anilines is 2. The van der Waals surface area contributed by atoms with E-state index in [0.717, 1.165) is 6.20 Å². The molecule has 1 aromatic carbocycles. The van der Waals surface area contributed by atoms with Crippen LogP contribution in [0.4, 0.5) is 46.6 Å². The zero-order chi connectivity index (χ0) is 23.3. The number of hydrogen-bond donors (Lipinski definition) is 1. The van der Waals surface area contributed by atoms with Crippen LogP contribution in [0.2, 0.25) is 0 Å². The largest absolute Gasteiger partial charge is 0.453 e. The van der Waals surface area contributed by atoms with Crippen molar-refractivity contribution < 1.29 is 39.9 Å². The highest BCUT2D eigenvalue weighted by atomic mass is 19.4. The summed E-state index contributed by atoms with van der Waals surface area (Å²) in [6, 6.07) is 3.10. The highest BCUT2D eigenvalue weighted by Crippen LogP contribution is 2.50. The number of nitrogens with two attached hydrogens (primary N) is 1. The third kappa shape index (κ3) is 3.70. The van der Waals surface area contributed by atoms with Gasteiger partial charge >= 0.3 is 12.1 Å². The molecule has 0 spiro atoms. The molecule has 166 valence electrons. The van der Waals surface area contributed by atoms with E-state index in [4.69, 9.17) is 5.73 Å². The molecular weight excluding hydrogens is 438 g/mol. The second kappa shape index (κ2) is 7.50. The van der Waals surface area contributed by atoms with E-state index in [1.54, 1.807) is 0 Å². The predicted molar refractivity (Wildman–Crippen MR) is 92.8 cm³/mol. The summed E-state index contributed by atoms with van der Waals surface area (Å²) < 4.78 is 110. The molecule has 1 amide bonds. The Hall–Kier alpha value is -3.18. The van der Waals surface area contributed by atoms with Gasteiger partial charge in [-0.25, -0.2) is 18.2 Å². The maximum Gasteiger partial charge on any atom is 0.453 e. The lowest BCUT2D eigenvalue weighted by Crippen LogP contribution is -2.47. The summed E-state index contributed by atoms with van der Waals surface area (Å²) in [5.41, 5.74) is 2.31. The van der Waals surface area contributed by atoms with Crippen molar-refractivity contribution in [1.82, 2.24) is 4.98 Å². The third-order valence-corrected chi connectivity index (χ3v) is 4.83. The number of hydrogen-bond acceptors (Lipinski definition) is 3. The minimum atomic E-state index is -6.06. The lowest BCUT2D eigenvalue weighted by atomic mass is 9.87. The number of allylic oxidation sites excluding steroid dienone is 1. The average Bonchev–Trinajstić information content (AvgIpc) is 2.65. The number of nitrogens with zero attached hydrogens (tertiary/aromatic N) is 2. The van der Waals surface area contributed by atoms with Crippen molar-refractivity contribution in [3.8, 4) is 0 Å². The molecule has 12 heteroatoms. The van der Waals surface area contributed by atoms with Gasteiger partial charge in [0.2, 0.25) is 5.91 Å². The smallest absolute Gasteiger partial charge is 0.366 e. The molecule has 1 unspecified atom stereocenters. The molecule has 0 saturated carbocycles. The molecule has 1 aromatic heterocycles. The van der Waals surface area contributed by atoms with Crippen molar-refractivity contribution in [2.24, 2.45) is 11.7 Å². The highest BCUT2D eigenvalue weighted by molar-refractivity contribution is 5.96. The Morgan fingerprint density at radius 2 is 1.71 bits per heavy atom. The van der Waals surface area contributed by atoms with Gasteiger partial charge in [0, 0.05) is 41.6 Å². The molecule has 2 N–H and O–H groups in total. The van der Waals surface area contributed by atoms with Crippen molar-refractivity contribution in [3.63, 3.8) is 0 Å². The summed E-state index contributed by atoms with van der Waals surface area (Å²) >= 11 is 0. The number of carbonyl (C=O) groups excluding carboxylic acids is 1. The quantitative estimate of drug-likeness (QED) is 0.682. The number of fused-ring (bicyclic) bond motifs is 1. The van der Waals surface area contributed by atoms with Crippen LogP contribution < -0.4 is 10.6 Å². The van der Waals surface area contributed by atoms with Crippen LogP contribution in [0.15, 0.2) is 41.7 Å². The molecule has 1 aliphatic heterocycles. The van der Waals surface area contributed by atoms with Crippen LogP contribution in [0.25, 0.3) is 0 Å². The van der Waals surface area contributed by atoms with Crippen LogP contribution in [0.5, 0.6) is 0 Å². The minimum Gasteiger partial charge on any atom is -0.366 e. The van der Waals surface area contributed by atoms with Crippen molar-refractivity contribution in [1.29, 1.82) is 0 Å². The molecule has 3 rings (SSSR count). The van der Waals surface area contributed by atoms with E-state index in [1.807, 2.05) is 0 Å². The maximum absolute atomic E-state index is 14.6. The molecule has 0 radical (unpaired) electrons. The molecule has 2 heterocycles. The van der Waals surface area contributed by atoms with E-state index in [-0.39, 0.29) is 17.7 Å². The standard InChI is InChI=1S/C19H13F8N3O/c1-8(18(23,24)19(25,26)27)14-11(16(28)31)5-9-3-2-4-29-17(9)30(14)15-12(21)6-10(20)7-13(15)22/h2-4,6-8H,5H2,1H3,(H2,28,31). The number of amides is 1. The molecule has 2 aromatic rings. The Bertz CT molecular complexity index is 1060. The fourth-order valence-corrected chi connectivity index (χ4v) is 3.36. The van der Waals surface area contributed by atoms with E-state index in [1.165, 1.54) is 12.1 Å². The van der Waals surface area contributed by atoms with Gasteiger partial charge in [0.25, 0.3) is 0 Å². The first-order valence-corrected chi connectivity index (χ1v) is 8.63. The van der Waals surface area contributed by atoms with Gasteiger partial charge in [0.15, 0.2) is 11.6 Å². The van der Waals surface area contributed by atoms with E-state index in [0.29, 0.717) is 11.8 Å². The molecular formula is C19H13F8N3O. The Labute approximate surface area is 170 Å². The monoisotopic (exact) mass is 451 g/mol. The predicted octanol–water partition coefficient (Wildman–Crippen LogP) is 4.77. The molecule has 1 aliphatic rings. The van der Waals surface area contributed by atoms with Crippen LogP contribution in [0.3, 0.4) is 0 Å². The number of benzene rings is 1. The van der Waals surface area contributed by atoms with E-state index in [9.17, 15) is 39.9 Å². The van der Waals surface area contributed by atoms with Gasteiger partial charge in [-0.05, 0) is 6.07 Å². The molecule has 0 saturated heterocycles. The van der Waals surface area contributed by atoms with Crippen molar-refractivity contribution in [2.45, 2.75) is 25.4 Å². The summed E-state index contributed by atoms with van der Waals surface area (Å²) in [6.07, 6.45) is -5.46. The fourth-order valence-electron chi connectivity index (χ4n) is 3.36. The summed E-state index contributed by atoms with van der Waals surface area (Å²) in [4.78, 5) is 16.2. The number of pyridine rings is 1. The van der Waals surface area contributed by atoms with E-state index >= 15 is 0 Å². The Kier molecular flexibility index (Phi) is 5.45. The Balaban J connectivity index is 2.39. The summed E-state index contributed by atoms with van der Waals surface area (Å²) in [5, 5.41) is 0. The number of alkyl halides is 5. The third-order valence-electron chi connectivity index (χ3n) is 4.83. The highest BCUT2D eigenvalue weighted by Gasteiger charge is 2.63. The summed E-state index contributed by atoms with van der Waals surface area (Å²) in [6.45, 7) is 0.437. The first kappa shape index (κ1) is 22.5. The van der Waals surface area contributed by atoms with Gasteiger partial charge in [-0.2, -0.15) is 22.0 Å². The normalized spacial score (nSPS) is 15.7. The van der Waals surface area contributed by atoms with E-state index in [2.05, 4.69) is 4.98 Å². The number of aromatic nitrogens is 1. The summed E-state index contributed by atoms with van der Waals surface area (Å²) in [7, 11) is 0. The average molecular weight is 451 g/mol. The SMILES string of the molecule is CC(C1=C(C(N)=O)Cc2cccnc2N1c1c(F)cc(F)cc1F)C(F)(F)C(F)(F)F. The molecule has 1 atom stereocenters. The molecule has 0 fully saturated rings. The lowest BCUT2D eigenvalue weighted by molar-refractivity contribution is -0.296. The molecule has 31 heavy (non-hydrogen) atoms. The fraction of sp³-hybridized carbons (Fsp3) is 0.263.